The molecule has 1 atom stereocenters. The second kappa shape index (κ2) is 6.33. The first-order chi connectivity index (χ1) is 7.88. The van der Waals surface area contributed by atoms with Crippen molar-refractivity contribution >= 4 is 11.3 Å². The van der Waals surface area contributed by atoms with Crippen LogP contribution in [-0.2, 0) is 6.54 Å². The van der Waals surface area contributed by atoms with Crippen LogP contribution in [0.1, 0.15) is 31.2 Å². The van der Waals surface area contributed by atoms with Crippen molar-refractivity contribution in [1.82, 2.24) is 15.2 Å². The molecule has 0 spiro atoms. The van der Waals surface area contributed by atoms with Crippen LogP contribution < -0.4 is 5.32 Å². The van der Waals surface area contributed by atoms with Gasteiger partial charge in [0.25, 0.3) is 0 Å². The van der Waals surface area contributed by atoms with Crippen molar-refractivity contribution < 1.29 is 0 Å². The summed E-state index contributed by atoms with van der Waals surface area (Å²) < 4.78 is 0. The van der Waals surface area contributed by atoms with Crippen molar-refractivity contribution in [3.8, 4) is 0 Å². The molecule has 3 nitrogen and oxygen atoms in total. The summed E-state index contributed by atoms with van der Waals surface area (Å²) in [6.45, 7) is 6.81. The number of aromatic nitrogens is 1. The van der Waals surface area contributed by atoms with E-state index in [0.29, 0.717) is 6.04 Å². The lowest BCUT2D eigenvalue weighted by molar-refractivity contribution is 0.183. The highest BCUT2D eigenvalue weighted by Gasteiger charge is 2.19. The molecule has 2 heterocycles. The summed E-state index contributed by atoms with van der Waals surface area (Å²) in [7, 11) is 0. The van der Waals surface area contributed by atoms with E-state index in [9.17, 15) is 0 Å². The van der Waals surface area contributed by atoms with Crippen molar-refractivity contribution in [3.63, 3.8) is 0 Å². The first-order valence-corrected chi connectivity index (χ1v) is 7.10. The summed E-state index contributed by atoms with van der Waals surface area (Å²) in [4.78, 5) is 6.88. The lowest BCUT2D eigenvalue weighted by Crippen LogP contribution is -2.45. The molecule has 0 bridgehead atoms. The second-order valence-corrected chi connectivity index (χ2v) is 5.43. The Bertz CT molecular complexity index is 286. The molecule has 1 N–H and O–H groups in total. The van der Waals surface area contributed by atoms with Gasteiger partial charge in [0.1, 0.15) is 5.01 Å². The van der Waals surface area contributed by atoms with E-state index in [4.69, 9.17) is 0 Å². The number of hydrogen-bond acceptors (Lipinski definition) is 4. The molecule has 1 unspecified atom stereocenters. The second-order valence-electron chi connectivity index (χ2n) is 4.45. The number of thiazole rings is 1. The van der Waals surface area contributed by atoms with Gasteiger partial charge in [-0.15, -0.1) is 11.3 Å². The molecule has 0 radical (unpaired) electrons. The number of nitrogens with zero attached hydrogens (tertiary/aromatic N) is 2. The van der Waals surface area contributed by atoms with E-state index in [0.717, 1.165) is 13.1 Å². The van der Waals surface area contributed by atoms with Gasteiger partial charge in [-0.3, -0.25) is 4.90 Å². The average Bonchev–Trinajstić information content (AvgIpc) is 2.80. The molecule has 4 heteroatoms. The lowest BCUT2D eigenvalue weighted by atomic mass is 10.1. The summed E-state index contributed by atoms with van der Waals surface area (Å²) in [6, 6.07) is 0.689. The van der Waals surface area contributed by atoms with Gasteiger partial charge in [0.05, 0.1) is 6.54 Å². The minimum Gasteiger partial charge on any atom is -0.313 e. The Morgan fingerprint density at radius 3 is 3.31 bits per heavy atom. The summed E-state index contributed by atoms with van der Waals surface area (Å²) in [5, 5.41) is 6.93. The molecule has 0 amide bonds. The zero-order valence-corrected chi connectivity index (χ0v) is 10.8. The van der Waals surface area contributed by atoms with Gasteiger partial charge in [0.15, 0.2) is 0 Å². The minimum atomic E-state index is 0.689. The van der Waals surface area contributed by atoms with Gasteiger partial charge < -0.3 is 5.32 Å². The Labute approximate surface area is 102 Å². The van der Waals surface area contributed by atoms with Gasteiger partial charge in [-0.05, 0) is 32.4 Å². The van der Waals surface area contributed by atoms with Gasteiger partial charge in [0.2, 0.25) is 0 Å². The van der Waals surface area contributed by atoms with Crippen LogP contribution in [0.25, 0.3) is 0 Å². The fraction of sp³-hybridized carbons (Fsp3) is 0.750. The Kier molecular flexibility index (Phi) is 4.75. The van der Waals surface area contributed by atoms with Gasteiger partial charge in [-0.2, -0.15) is 0 Å². The van der Waals surface area contributed by atoms with Crippen LogP contribution in [0.4, 0.5) is 0 Å². The Hall–Kier alpha value is -0.450. The van der Waals surface area contributed by atoms with Gasteiger partial charge in [-0.1, -0.05) is 6.92 Å². The van der Waals surface area contributed by atoms with Gasteiger partial charge in [-0.25, -0.2) is 4.98 Å². The van der Waals surface area contributed by atoms with Gasteiger partial charge in [0, 0.05) is 24.2 Å². The fourth-order valence-electron chi connectivity index (χ4n) is 2.24. The summed E-state index contributed by atoms with van der Waals surface area (Å²) in [5.41, 5.74) is 0. The van der Waals surface area contributed by atoms with E-state index in [1.54, 1.807) is 11.3 Å². The zero-order chi connectivity index (χ0) is 11.2. The predicted molar refractivity (Wildman–Crippen MR) is 68.7 cm³/mol. The lowest BCUT2D eigenvalue weighted by Gasteiger charge is -2.32. The third kappa shape index (κ3) is 3.54. The number of nitrogens with one attached hydrogen (secondary N) is 1. The maximum atomic E-state index is 4.35. The number of piperidine rings is 1. The summed E-state index contributed by atoms with van der Waals surface area (Å²) in [5.74, 6) is 0. The average molecular weight is 239 g/mol. The summed E-state index contributed by atoms with van der Waals surface area (Å²) >= 11 is 1.76. The number of rotatable bonds is 5. The quantitative estimate of drug-likeness (QED) is 0.853. The smallest absolute Gasteiger partial charge is 0.107 e. The van der Waals surface area contributed by atoms with Gasteiger partial charge >= 0.3 is 0 Å². The van der Waals surface area contributed by atoms with Crippen LogP contribution in [0.15, 0.2) is 11.6 Å². The highest BCUT2D eigenvalue weighted by atomic mass is 32.1. The molecule has 1 aromatic heterocycles. The van der Waals surface area contributed by atoms with E-state index < -0.39 is 0 Å². The van der Waals surface area contributed by atoms with Crippen LogP contribution in [0, 0.1) is 0 Å². The van der Waals surface area contributed by atoms with E-state index in [2.05, 4.69) is 27.5 Å². The molecule has 1 aromatic rings. The van der Waals surface area contributed by atoms with E-state index in [1.165, 1.54) is 37.4 Å². The molecule has 0 aromatic carbocycles. The van der Waals surface area contributed by atoms with E-state index in [-0.39, 0.29) is 0 Å². The monoisotopic (exact) mass is 239 g/mol. The minimum absolute atomic E-state index is 0.689. The largest absolute Gasteiger partial charge is 0.313 e. The molecular weight excluding hydrogens is 218 g/mol. The Morgan fingerprint density at radius 2 is 2.56 bits per heavy atom. The third-order valence-electron chi connectivity index (χ3n) is 3.03. The zero-order valence-electron chi connectivity index (χ0n) is 9.98. The van der Waals surface area contributed by atoms with Crippen molar-refractivity contribution in [1.29, 1.82) is 0 Å². The maximum Gasteiger partial charge on any atom is 0.107 e. The van der Waals surface area contributed by atoms with Crippen LogP contribution in [-0.4, -0.2) is 35.6 Å². The molecule has 0 saturated carbocycles. The molecule has 1 fully saturated rings. The topological polar surface area (TPSA) is 28.2 Å². The third-order valence-corrected chi connectivity index (χ3v) is 3.80. The molecular formula is C12H21N3S. The van der Waals surface area contributed by atoms with E-state index >= 15 is 0 Å². The van der Waals surface area contributed by atoms with Crippen molar-refractivity contribution in [2.45, 2.75) is 38.8 Å². The predicted octanol–water partition coefficient (Wildman–Crippen LogP) is 2.11. The normalized spacial score (nSPS) is 22.4. The maximum absolute atomic E-state index is 4.35. The van der Waals surface area contributed by atoms with Crippen LogP contribution in [0.5, 0.6) is 0 Å². The number of hydrogen-bond donors (Lipinski definition) is 1. The van der Waals surface area contributed by atoms with E-state index in [1.807, 2.05) is 6.20 Å². The first-order valence-electron chi connectivity index (χ1n) is 6.22. The summed E-state index contributed by atoms with van der Waals surface area (Å²) in [6.07, 6.45) is 5.76. The highest BCUT2D eigenvalue weighted by molar-refractivity contribution is 7.09. The van der Waals surface area contributed by atoms with Crippen LogP contribution >= 0.6 is 11.3 Å². The van der Waals surface area contributed by atoms with Crippen molar-refractivity contribution in [3.05, 3.63) is 16.6 Å². The highest BCUT2D eigenvalue weighted by Crippen LogP contribution is 2.14. The number of likely N-dealkylation sites (tertiary alicyclic amines) is 1. The van der Waals surface area contributed by atoms with Crippen molar-refractivity contribution in [2.75, 3.05) is 19.6 Å². The Balaban J connectivity index is 1.77. The Morgan fingerprint density at radius 1 is 1.62 bits per heavy atom. The molecule has 90 valence electrons. The molecule has 2 rings (SSSR count). The SMILES string of the molecule is CCCNC1CCCN(Cc2nccs2)C1. The fourth-order valence-corrected chi connectivity index (χ4v) is 2.89. The van der Waals surface area contributed by atoms with Crippen LogP contribution in [0.2, 0.25) is 0 Å². The molecule has 1 saturated heterocycles. The molecule has 1 aliphatic rings. The molecule has 0 aliphatic carbocycles. The first kappa shape index (κ1) is 12.0. The van der Waals surface area contributed by atoms with Crippen molar-refractivity contribution in [2.24, 2.45) is 0 Å². The van der Waals surface area contributed by atoms with Crippen LogP contribution in [0.3, 0.4) is 0 Å². The standard InChI is InChI=1S/C12H21N3S/c1-2-5-13-11-4-3-7-15(9-11)10-12-14-6-8-16-12/h6,8,11,13H,2-5,7,9-10H2,1H3. The molecule has 16 heavy (non-hydrogen) atoms. The molecule has 1 aliphatic heterocycles.